The Hall–Kier alpha value is -1.45. The molecule has 0 aromatic heterocycles. The number of nitrogen functional groups attached to an aromatic ring is 1. The standard InChI is InChI=1S/C12H8Cl2FNO/c13-7-2-1-3-8(4-7)17-12-5-9(14)10(15)6-11(12)16/h1-6H,16H2. The molecule has 0 aliphatic heterocycles. The lowest BCUT2D eigenvalue weighted by molar-refractivity contribution is 0.483. The summed E-state index contributed by atoms with van der Waals surface area (Å²) in [6, 6.07) is 9.23. The molecule has 0 atom stereocenters. The Kier molecular flexibility index (Phi) is 3.41. The summed E-state index contributed by atoms with van der Waals surface area (Å²) in [7, 11) is 0. The van der Waals surface area contributed by atoms with Crippen molar-refractivity contribution in [1.29, 1.82) is 0 Å². The first kappa shape index (κ1) is 12.0. The molecule has 2 nitrogen and oxygen atoms in total. The van der Waals surface area contributed by atoms with Crippen molar-refractivity contribution in [2.45, 2.75) is 0 Å². The first-order chi connectivity index (χ1) is 8.06. The molecule has 17 heavy (non-hydrogen) atoms. The third-order valence-electron chi connectivity index (χ3n) is 2.08. The highest BCUT2D eigenvalue weighted by molar-refractivity contribution is 6.31. The quantitative estimate of drug-likeness (QED) is 0.816. The molecule has 0 unspecified atom stereocenters. The van der Waals surface area contributed by atoms with Crippen LogP contribution < -0.4 is 10.5 Å². The van der Waals surface area contributed by atoms with Crippen molar-refractivity contribution >= 4 is 28.9 Å². The van der Waals surface area contributed by atoms with E-state index in [1.54, 1.807) is 24.3 Å². The maximum absolute atomic E-state index is 13.1. The van der Waals surface area contributed by atoms with E-state index in [4.69, 9.17) is 33.7 Å². The lowest BCUT2D eigenvalue weighted by atomic mass is 10.3. The Labute approximate surface area is 108 Å². The largest absolute Gasteiger partial charge is 0.455 e. The summed E-state index contributed by atoms with van der Waals surface area (Å²) in [6.07, 6.45) is 0. The second-order valence-electron chi connectivity index (χ2n) is 3.36. The normalized spacial score (nSPS) is 10.3. The Bertz CT molecular complexity index is 560. The number of halogens is 3. The number of benzene rings is 2. The average molecular weight is 272 g/mol. The second kappa shape index (κ2) is 4.82. The molecule has 0 bridgehead atoms. The molecule has 0 aliphatic rings. The van der Waals surface area contributed by atoms with E-state index in [-0.39, 0.29) is 10.7 Å². The van der Waals surface area contributed by atoms with Gasteiger partial charge in [0.15, 0.2) is 5.75 Å². The van der Waals surface area contributed by atoms with Gasteiger partial charge in [0.25, 0.3) is 0 Å². The monoisotopic (exact) mass is 271 g/mol. The van der Waals surface area contributed by atoms with Gasteiger partial charge in [0, 0.05) is 17.2 Å². The zero-order valence-corrected chi connectivity index (χ0v) is 10.1. The van der Waals surface area contributed by atoms with Crippen LogP contribution in [0.3, 0.4) is 0 Å². The van der Waals surface area contributed by atoms with Crippen LogP contribution in [0.25, 0.3) is 0 Å². The van der Waals surface area contributed by atoms with Crippen LogP contribution in [0.2, 0.25) is 10.0 Å². The zero-order valence-electron chi connectivity index (χ0n) is 8.58. The number of hydrogen-bond acceptors (Lipinski definition) is 2. The predicted octanol–water partition coefficient (Wildman–Crippen LogP) is 4.51. The molecule has 5 heteroatoms. The molecule has 0 saturated heterocycles. The van der Waals surface area contributed by atoms with Crippen molar-refractivity contribution in [2.75, 3.05) is 5.73 Å². The van der Waals surface area contributed by atoms with Gasteiger partial charge in [0.05, 0.1) is 10.7 Å². The molecule has 2 aromatic rings. The predicted molar refractivity (Wildman–Crippen MR) is 67.3 cm³/mol. The summed E-state index contributed by atoms with van der Waals surface area (Å²) in [5.74, 6) is 0.216. The van der Waals surface area contributed by atoms with Gasteiger partial charge in [-0.15, -0.1) is 0 Å². The lowest BCUT2D eigenvalue weighted by Gasteiger charge is -2.09. The molecule has 0 aliphatic carbocycles. The van der Waals surface area contributed by atoms with Crippen LogP contribution in [0.1, 0.15) is 0 Å². The van der Waals surface area contributed by atoms with Gasteiger partial charge >= 0.3 is 0 Å². The molecule has 0 fully saturated rings. The summed E-state index contributed by atoms with van der Waals surface area (Å²) >= 11 is 11.5. The molecular formula is C12H8Cl2FNO. The van der Waals surface area contributed by atoms with Crippen LogP contribution in [0.4, 0.5) is 10.1 Å². The van der Waals surface area contributed by atoms with Gasteiger partial charge in [-0.2, -0.15) is 0 Å². The van der Waals surface area contributed by atoms with E-state index in [1.807, 2.05) is 0 Å². The van der Waals surface area contributed by atoms with E-state index in [0.29, 0.717) is 16.5 Å². The SMILES string of the molecule is Nc1cc(F)c(Cl)cc1Oc1cccc(Cl)c1. The highest BCUT2D eigenvalue weighted by Gasteiger charge is 2.08. The Morgan fingerprint density at radius 2 is 1.88 bits per heavy atom. The molecule has 2 aromatic carbocycles. The van der Waals surface area contributed by atoms with Gasteiger partial charge in [-0.1, -0.05) is 29.3 Å². The third-order valence-corrected chi connectivity index (χ3v) is 2.60. The van der Waals surface area contributed by atoms with Crippen LogP contribution in [-0.4, -0.2) is 0 Å². The van der Waals surface area contributed by atoms with Crippen molar-refractivity contribution in [2.24, 2.45) is 0 Å². The Morgan fingerprint density at radius 3 is 2.59 bits per heavy atom. The molecule has 0 heterocycles. The van der Waals surface area contributed by atoms with Gasteiger partial charge in [-0.05, 0) is 18.2 Å². The minimum atomic E-state index is -0.581. The van der Waals surface area contributed by atoms with Crippen LogP contribution in [-0.2, 0) is 0 Å². The van der Waals surface area contributed by atoms with Crippen LogP contribution in [0, 0.1) is 5.82 Å². The minimum absolute atomic E-state index is 0.0452. The number of ether oxygens (including phenoxy) is 1. The first-order valence-corrected chi connectivity index (χ1v) is 5.50. The van der Waals surface area contributed by atoms with Crippen molar-refractivity contribution in [3.8, 4) is 11.5 Å². The third kappa shape index (κ3) is 2.81. The minimum Gasteiger partial charge on any atom is -0.455 e. The molecule has 0 saturated carbocycles. The van der Waals surface area contributed by atoms with E-state index in [2.05, 4.69) is 0 Å². The number of nitrogens with two attached hydrogens (primary N) is 1. The summed E-state index contributed by atoms with van der Waals surface area (Å²) < 4.78 is 18.5. The molecular weight excluding hydrogens is 264 g/mol. The van der Waals surface area contributed by atoms with Gasteiger partial charge < -0.3 is 10.5 Å². The van der Waals surface area contributed by atoms with Gasteiger partial charge in [-0.3, -0.25) is 0 Å². The van der Waals surface area contributed by atoms with Crippen molar-refractivity contribution in [3.05, 3.63) is 52.3 Å². The molecule has 88 valence electrons. The fourth-order valence-electron chi connectivity index (χ4n) is 1.29. The maximum Gasteiger partial charge on any atom is 0.151 e. The Morgan fingerprint density at radius 1 is 1.12 bits per heavy atom. The number of anilines is 1. The second-order valence-corrected chi connectivity index (χ2v) is 4.21. The maximum atomic E-state index is 13.1. The van der Waals surface area contributed by atoms with Crippen LogP contribution in [0.5, 0.6) is 11.5 Å². The van der Waals surface area contributed by atoms with Gasteiger partial charge in [0.1, 0.15) is 11.6 Å². The van der Waals surface area contributed by atoms with E-state index in [1.165, 1.54) is 6.07 Å². The topological polar surface area (TPSA) is 35.2 Å². The molecule has 0 amide bonds. The average Bonchev–Trinajstić information content (AvgIpc) is 2.26. The fourth-order valence-corrected chi connectivity index (χ4v) is 1.62. The van der Waals surface area contributed by atoms with Crippen molar-refractivity contribution < 1.29 is 9.13 Å². The molecule has 2 rings (SSSR count). The van der Waals surface area contributed by atoms with Crippen molar-refractivity contribution in [1.82, 2.24) is 0 Å². The highest BCUT2D eigenvalue weighted by Crippen LogP contribution is 2.32. The highest BCUT2D eigenvalue weighted by atomic mass is 35.5. The van der Waals surface area contributed by atoms with Crippen LogP contribution in [0.15, 0.2) is 36.4 Å². The molecule has 0 radical (unpaired) electrons. The number of hydrogen-bond donors (Lipinski definition) is 1. The summed E-state index contributed by atoms with van der Waals surface area (Å²) in [5, 5.41) is 0.491. The number of rotatable bonds is 2. The van der Waals surface area contributed by atoms with E-state index in [0.717, 1.165) is 6.07 Å². The molecule has 2 N–H and O–H groups in total. The summed E-state index contributed by atoms with van der Waals surface area (Å²) in [6.45, 7) is 0. The van der Waals surface area contributed by atoms with Crippen LogP contribution >= 0.6 is 23.2 Å². The molecule has 0 spiro atoms. The van der Waals surface area contributed by atoms with E-state index < -0.39 is 5.82 Å². The summed E-state index contributed by atoms with van der Waals surface area (Å²) in [4.78, 5) is 0. The first-order valence-electron chi connectivity index (χ1n) is 4.74. The Balaban J connectivity index is 2.33. The van der Waals surface area contributed by atoms with Gasteiger partial charge in [0.2, 0.25) is 0 Å². The summed E-state index contributed by atoms with van der Waals surface area (Å²) in [5.41, 5.74) is 5.79. The van der Waals surface area contributed by atoms with E-state index in [9.17, 15) is 4.39 Å². The lowest BCUT2D eigenvalue weighted by Crippen LogP contribution is -1.93. The zero-order chi connectivity index (χ0) is 12.4. The van der Waals surface area contributed by atoms with Gasteiger partial charge in [-0.25, -0.2) is 4.39 Å². The van der Waals surface area contributed by atoms with E-state index >= 15 is 0 Å². The smallest absolute Gasteiger partial charge is 0.151 e. The fraction of sp³-hybridized carbons (Fsp3) is 0. The van der Waals surface area contributed by atoms with Crippen molar-refractivity contribution in [3.63, 3.8) is 0 Å².